The van der Waals surface area contributed by atoms with E-state index in [9.17, 15) is 33.9 Å². The minimum atomic E-state index is -1.38. The smallest absolute Gasteiger partial charge is 0.329 e. The quantitative estimate of drug-likeness (QED) is 0.134. The molecule has 1 aromatic heterocycles. The van der Waals surface area contributed by atoms with E-state index in [1.807, 2.05) is 102 Å². The van der Waals surface area contributed by atoms with Gasteiger partial charge in [0.1, 0.15) is 23.9 Å². The molecule has 4 N–H and O–H groups in total. The highest BCUT2D eigenvalue weighted by atomic mass is 32.1. The van der Waals surface area contributed by atoms with E-state index in [1.165, 1.54) is 11.3 Å². The predicted molar refractivity (Wildman–Crippen MR) is 227 cm³/mol. The molecule has 3 aliphatic rings. The molecule has 12 heteroatoms. The van der Waals surface area contributed by atoms with Crippen molar-refractivity contribution in [2.75, 3.05) is 6.61 Å². The van der Waals surface area contributed by atoms with Gasteiger partial charge in [-0.05, 0) is 83.5 Å². The summed E-state index contributed by atoms with van der Waals surface area (Å²) in [4.78, 5) is 83.6. The Balaban J connectivity index is 1.22. The first-order valence-electron chi connectivity index (χ1n) is 20.2. The molecule has 2 aliphatic heterocycles. The summed E-state index contributed by atoms with van der Waals surface area (Å²) >= 11 is 1.47. The van der Waals surface area contributed by atoms with Crippen molar-refractivity contribution in [1.82, 2.24) is 16.0 Å². The lowest BCUT2D eigenvalue weighted by molar-refractivity contribution is -0.144. The number of carbonyl (C=O) groups excluding carboxylic acids is 5. The third-order valence-electron chi connectivity index (χ3n) is 11.1. The van der Waals surface area contributed by atoms with Crippen molar-refractivity contribution >= 4 is 46.6 Å². The average molecular weight is 826 g/mol. The molecule has 5 aromatic rings. The number of carboxylic acid groups (broad SMARTS) is 1. The second-order valence-electron chi connectivity index (χ2n) is 15.7. The second-order valence-corrected chi connectivity index (χ2v) is 16.7. The highest BCUT2D eigenvalue weighted by Crippen LogP contribution is 2.36. The summed E-state index contributed by atoms with van der Waals surface area (Å²) < 4.78 is 5.84. The molecule has 3 heterocycles. The Morgan fingerprint density at radius 3 is 1.97 bits per heavy atom. The van der Waals surface area contributed by atoms with Gasteiger partial charge in [0.25, 0.3) is 0 Å². The third-order valence-corrected chi connectivity index (χ3v) is 12.0. The summed E-state index contributed by atoms with van der Waals surface area (Å²) in [5.41, 5.74) is 2.83. The number of hydrogen-bond donors (Lipinski definition) is 4. The molecule has 8 rings (SSSR count). The van der Waals surface area contributed by atoms with Gasteiger partial charge in [0.15, 0.2) is 11.6 Å². The number of nitrogens with one attached hydrogen (secondary N) is 3. The monoisotopic (exact) mass is 825 g/mol. The van der Waals surface area contributed by atoms with Crippen molar-refractivity contribution in [2.45, 2.75) is 69.0 Å². The fourth-order valence-electron chi connectivity index (χ4n) is 7.50. The van der Waals surface area contributed by atoms with Crippen LogP contribution in [-0.2, 0) is 54.5 Å². The van der Waals surface area contributed by atoms with Gasteiger partial charge in [-0.2, -0.15) is 0 Å². The Kier molecular flexibility index (Phi) is 13.3. The molecule has 1 aliphatic carbocycles. The minimum Gasteiger partial charge on any atom is -0.486 e. The van der Waals surface area contributed by atoms with Gasteiger partial charge in [-0.15, -0.1) is 11.3 Å². The summed E-state index contributed by atoms with van der Waals surface area (Å²) in [6, 6.07) is 35.0. The zero-order valence-corrected chi connectivity index (χ0v) is 33.8. The van der Waals surface area contributed by atoms with Crippen LogP contribution in [0.1, 0.15) is 47.3 Å². The van der Waals surface area contributed by atoms with Crippen LogP contribution >= 0.6 is 11.3 Å². The van der Waals surface area contributed by atoms with Crippen molar-refractivity contribution in [3.63, 3.8) is 0 Å². The fraction of sp³-hybridized carbons (Fsp3) is 0.292. The number of ketones is 2. The maximum absolute atomic E-state index is 14.6. The Bertz CT molecular complexity index is 2290. The van der Waals surface area contributed by atoms with E-state index in [0.29, 0.717) is 11.3 Å². The molecule has 2 bridgehead atoms. The summed E-state index contributed by atoms with van der Waals surface area (Å²) in [6.45, 7) is -0.288. The van der Waals surface area contributed by atoms with Crippen LogP contribution in [0.5, 0.6) is 5.75 Å². The summed E-state index contributed by atoms with van der Waals surface area (Å²) in [7, 11) is 0. The number of amides is 3. The number of ether oxygens (including phenoxy) is 1. The predicted octanol–water partition coefficient (Wildman–Crippen LogP) is 5.93. The lowest BCUT2D eigenvalue weighted by Crippen LogP contribution is -2.54. The Morgan fingerprint density at radius 1 is 0.683 bits per heavy atom. The molecule has 1 saturated carbocycles. The first kappa shape index (κ1) is 41.7. The van der Waals surface area contributed by atoms with Crippen LogP contribution in [0.15, 0.2) is 127 Å². The van der Waals surface area contributed by atoms with Gasteiger partial charge in [-0.1, -0.05) is 103 Å². The number of benzene rings is 4. The molecule has 0 saturated heterocycles. The maximum atomic E-state index is 14.6. The molecule has 0 spiro atoms. The number of carboxylic acids is 1. The van der Waals surface area contributed by atoms with Crippen LogP contribution in [0.2, 0.25) is 0 Å². The standard InChI is InChI=1S/C48H47N3O8S/c52-38-27-37(28-40-12-7-23-60-40)44(54)50-42(26-33-13-17-35(18-14-33)34-10-5-2-6-11-34)46(56)49-41(25-31-8-3-1-4-9-31)43(53)29-36(45(55)51-48(21-22-48)47(57)58)24-32-15-19-39(20-16-32)59-30-38/h1-20,23,36-37,41-42H,21-22,24-30H2,(H,49,56)(H,50,54)(H,51,55)(H,57,58)/t36-,37+,41+,42+/m1/s1. The molecule has 4 atom stereocenters. The van der Waals surface area contributed by atoms with Crippen LogP contribution in [-0.4, -0.2) is 64.6 Å². The van der Waals surface area contributed by atoms with Gasteiger partial charge in [-0.3, -0.25) is 24.0 Å². The van der Waals surface area contributed by atoms with E-state index >= 15 is 0 Å². The first-order chi connectivity index (χ1) is 29.0. The van der Waals surface area contributed by atoms with Crippen molar-refractivity contribution in [2.24, 2.45) is 11.8 Å². The summed E-state index contributed by atoms with van der Waals surface area (Å²) in [5.74, 6) is -4.93. The van der Waals surface area contributed by atoms with Gasteiger partial charge in [0.2, 0.25) is 17.7 Å². The van der Waals surface area contributed by atoms with Gasteiger partial charge in [0, 0.05) is 36.0 Å². The number of Topliss-reactive ketones (excluding diaryl/α,β-unsaturated/α-hetero) is 2. The first-order valence-corrected chi connectivity index (χ1v) is 21.0. The highest BCUT2D eigenvalue weighted by Gasteiger charge is 2.52. The summed E-state index contributed by atoms with van der Waals surface area (Å²) in [6.07, 6.45) is 0.681. The number of hydrogen-bond acceptors (Lipinski definition) is 8. The summed E-state index contributed by atoms with van der Waals surface area (Å²) in [5, 5.41) is 20.3. The number of thiophene rings is 1. The van der Waals surface area contributed by atoms with E-state index in [-0.39, 0.29) is 63.8 Å². The van der Waals surface area contributed by atoms with Crippen molar-refractivity contribution in [3.05, 3.63) is 148 Å². The number of fused-ring (bicyclic) bond motifs is 16. The van der Waals surface area contributed by atoms with E-state index in [4.69, 9.17) is 4.74 Å². The van der Waals surface area contributed by atoms with Crippen molar-refractivity contribution in [1.29, 1.82) is 0 Å². The average Bonchev–Trinajstić information content (AvgIpc) is 3.86. The lowest BCUT2D eigenvalue weighted by atomic mass is 9.89. The van der Waals surface area contributed by atoms with Gasteiger partial charge < -0.3 is 25.8 Å². The van der Waals surface area contributed by atoms with Crippen LogP contribution in [0.3, 0.4) is 0 Å². The minimum absolute atomic E-state index is 0.0813. The van der Waals surface area contributed by atoms with Crippen molar-refractivity contribution in [3.8, 4) is 16.9 Å². The molecule has 60 heavy (non-hydrogen) atoms. The Hall–Kier alpha value is -6.40. The van der Waals surface area contributed by atoms with E-state index in [2.05, 4.69) is 16.0 Å². The van der Waals surface area contributed by atoms with Crippen LogP contribution in [0.4, 0.5) is 0 Å². The molecule has 308 valence electrons. The molecule has 3 amide bonds. The van der Waals surface area contributed by atoms with Crippen LogP contribution in [0, 0.1) is 11.8 Å². The molecular formula is C48H47N3O8S. The topological polar surface area (TPSA) is 168 Å². The molecule has 11 nitrogen and oxygen atoms in total. The maximum Gasteiger partial charge on any atom is 0.329 e. The molecule has 0 radical (unpaired) electrons. The molecule has 4 aromatic carbocycles. The molecule has 0 unspecified atom stereocenters. The van der Waals surface area contributed by atoms with Gasteiger partial charge in [0.05, 0.1) is 6.04 Å². The number of carbonyl (C=O) groups is 6. The van der Waals surface area contributed by atoms with E-state index < -0.39 is 58.9 Å². The Morgan fingerprint density at radius 2 is 1.32 bits per heavy atom. The third kappa shape index (κ3) is 11.0. The normalized spacial score (nSPS) is 21.0. The SMILES string of the molecule is O=C1COc2ccc(cc2)C[C@@H](C(=O)NC2(C(=O)O)CC2)CC(=O)[C@H](Cc2ccccc2)NC(=O)[C@H](Cc2ccc(-c3ccccc3)cc2)NC(=O)[C@H](Cc2cccs2)C1. The van der Waals surface area contributed by atoms with Gasteiger partial charge >= 0.3 is 5.97 Å². The van der Waals surface area contributed by atoms with Crippen LogP contribution < -0.4 is 20.7 Å². The zero-order chi connectivity index (χ0) is 42.1. The number of rotatable bonds is 10. The highest BCUT2D eigenvalue weighted by molar-refractivity contribution is 7.09. The van der Waals surface area contributed by atoms with Crippen molar-refractivity contribution < 1.29 is 38.6 Å². The fourth-order valence-corrected chi connectivity index (χ4v) is 8.28. The van der Waals surface area contributed by atoms with Crippen LogP contribution in [0.25, 0.3) is 11.1 Å². The van der Waals surface area contributed by atoms with E-state index in [1.54, 1.807) is 24.3 Å². The largest absolute Gasteiger partial charge is 0.486 e. The molecule has 1 fully saturated rings. The van der Waals surface area contributed by atoms with E-state index in [0.717, 1.165) is 27.1 Å². The number of aliphatic carboxylic acids is 1. The zero-order valence-electron chi connectivity index (χ0n) is 33.0. The Labute approximate surface area is 352 Å². The van der Waals surface area contributed by atoms with Gasteiger partial charge in [-0.25, -0.2) is 4.79 Å². The molecular weight excluding hydrogens is 779 g/mol. The lowest BCUT2D eigenvalue weighted by Gasteiger charge is -2.26. The second kappa shape index (κ2) is 19.1.